The number of nitrogens with zero attached hydrogens (tertiary/aromatic N) is 2. The summed E-state index contributed by atoms with van der Waals surface area (Å²) in [5.41, 5.74) is 2.77. The second kappa shape index (κ2) is 10.9. The molecule has 0 radical (unpaired) electrons. The quantitative estimate of drug-likeness (QED) is 0.636. The SMILES string of the molecule is Cc1ccc(Cl)c(NC(=S)N(CCCN2CCOCC2)Cc2cccc(F)c2)c1. The third kappa shape index (κ3) is 6.93. The Morgan fingerprint density at radius 3 is 2.79 bits per heavy atom. The lowest BCUT2D eigenvalue weighted by Gasteiger charge is -2.30. The number of anilines is 1. The molecule has 0 atom stereocenters. The number of rotatable bonds is 7. The number of hydrogen-bond donors (Lipinski definition) is 1. The van der Waals surface area contributed by atoms with Crippen LogP contribution in [0.3, 0.4) is 0 Å². The van der Waals surface area contributed by atoms with Crippen molar-refractivity contribution >= 4 is 34.6 Å². The van der Waals surface area contributed by atoms with Crippen LogP contribution in [0.25, 0.3) is 0 Å². The van der Waals surface area contributed by atoms with E-state index in [-0.39, 0.29) is 5.82 Å². The number of hydrogen-bond acceptors (Lipinski definition) is 3. The van der Waals surface area contributed by atoms with Crippen molar-refractivity contribution in [3.63, 3.8) is 0 Å². The van der Waals surface area contributed by atoms with Gasteiger partial charge in [-0.05, 0) is 61.0 Å². The highest BCUT2D eigenvalue weighted by Crippen LogP contribution is 2.23. The van der Waals surface area contributed by atoms with Gasteiger partial charge in [-0.1, -0.05) is 29.8 Å². The highest BCUT2D eigenvalue weighted by molar-refractivity contribution is 7.80. The molecule has 1 N–H and O–H groups in total. The number of halogens is 2. The Morgan fingerprint density at radius 1 is 1.24 bits per heavy atom. The first-order chi connectivity index (χ1) is 14.0. The van der Waals surface area contributed by atoms with Gasteiger partial charge in [0, 0.05) is 32.7 Å². The Morgan fingerprint density at radius 2 is 2.03 bits per heavy atom. The molecule has 2 aromatic carbocycles. The van der Waals surface area contributed by atoms with Crippen molar-refractivity contribution < 1.29 is 9.13 Å². The minimum Gasteiger partial charge on any atom is -0.379 e. The van der Waals surface area contributed by atoms with Gasteiger partial charge in [0.1, 0.15) is 5.82 Å². The van der Waals surface area contributed by atoms with Crippen molar-refractivity contribution in [2.45, 2.75) is 19.9 Å². The molecule has 1 saturated heterocycles. The maximum absolute atomic E-state index is 13.7. The third-order valence-corrected chi connectivity index (χ3v) is 5.61. The molecule has 3 rings (SSSR count). The van der Waals surface area contributed by atoms with Crippen LogP contribution < -0.4 is 5.32 Å². The van der Waals surface area contributed by atoms with Gasteiger partial charge in [-0.2, -0.15) is 0 Å². The summed E-state index contributed by atoms with van der Waals surface area (Å²) in [5.74, 6) is -0.239. The fourth-order valence-electron chi connectivity index (χ4n) is 3.35. The Labute approximate surface area is 182 Å². The summed E-state index contributed by atoms with van der Waals surface area (Å²) < 4.78 is 19.1. The van der Waals surface area contributed by atoms with Crippen LogP contribution in [0.15, 0.2) is 42.5 Å². The fourth-order valence-corrected chi connectivity index (χ4v) is 3.78. The van der Waals surface area contributed by atoms with Gasteiger partial charge >= 0.3 is 0 Å². The minimum absolute atomic E-state index is 0.239. The van der Waals surface area contributed by atoms with Crippen molar-refractivity contribution in [2.24, 2.45) is 0 Å². The maximum Gasteiger partial charge on any atom is 0.173 e. The molecular weight excluding hydrogens is 409 g/mol. The highest BCUT2D eigenvalue weighted by Gasteiger charge is 2.15. The van der Waals surface area contributed by atoms with Crippen LogP contribution in [-0.2, 0) is 11.3 Å². The van der Waals surface area contributed by atoms with Crippen molar-refractivity contribution in [2.75, 3.05) is 44.7 Å². The fraction of sp³-hybridized carbons (Fsp3) is 0.409. The zero-order valence-corrected chi connectivity index (χ0v) is 18.2. The van der Waals surface area contributed by atoms with E-state index in [0.29, 0.717) is 16.7 Å². The number of nitrogens with one attached hydrogen (secondary N) is 1. The number of thiocarbonyl (C=S) groups is 1. The van der Waals surface area contributed by atoms with Gasteiger partial charge < -0.3 is 15.0 Å². The van der Waals surface area contributed by atoms with Gasteiger partial charge in [0.25, 0.3) is 0 Å². The predicted octanol–water partition coefficient (Wildman–Crippen LogP) is 4.71. The molecule has 1 aliphatic heterocycles. The first kappa shape index (κ1) is 22.0. The van der Waals surface area contributed by atoms with E-state index in [1.165, 1.54) is 6.07 Å². The Bertz CT molecular complexity index is 829. The van der Waals surface area contributed by atoms with E-state index < -0.39 is 0 Å². The summed E-state index contributed by atoms with van der Waals surface area (Å²) >= 11 is 12.0. The van der Waals surface area contributed by atoms with Crippen molar-refractivity contribution in [1.82, 2.24) is 9.80 Å². The number of benzene rings is 2. The molecule has 2 aromatic rings. The predicted molar refractivity (Wildman–Crippen MR) is 121 cm³/mol. The monoisotopic (exact) mass is 435 g/mol. The zero-order valence-electron chi connectivity index (χ0n) is 16.7. The minimum atomic E-state index is -0.239. The van der Waals surface area contributed by atoms with Gasteiger partial charge in [-0.3, -0.25) is 4.90 Å². The third-order valence-electron chi connectivity index (χ3n) is 4.92. The van der Waals surface area contributed by atoms with Gasteiger partial charge in [0.2, 0.25) is 0 Å². The molecule has 0 spiro atoms. The molecule has 0 aliphatic carbocycles. The van der Waals surface area contributed by atoms with Gasteiger partial charge in [0.15, 0.2) is 5.11 Å². The molecule has 4 nitrogen and oxygen atoms in total. The first-order valence-corrected chi connectivity index (χ1v) is 10.7. The molecule has 0 bridgehead atoms. The summed E-state index contributed by atoms with van der Waals surface area (Å²) in [6.07, 6.45) is 0.957. The standard InChI is InChI=1S/C22H27ClFN3OS/c1-17-6-7-20(23)21(14-17)25-22(29)27(16-18-4-2-5-19(24)15-18)9-3-8-26-10-12-28-13-11-26/h2,4-7,14-15H,3,8-13,16H2,1H3,(H,25,29). The molecule has 0 saturated carbocycles. The molecule has 156 valence electrons. The van der Waals surface area contributed by atoms with E-state index in [4.69, 9.17) is 28.6 Å². The van der Waals surface area contributed by atoms with Gasteiger partial charge in [0.05, 0.1) is 23.9 Å². The Balaban J connectivity index is 1.66. The van der Waals surface area contributed by atoms with Crippen LogP contribution >= 0.6 is 23.8 Å². The first-order valence-electron chi connectivity index (χ1n) is 9.88. The summed E-state index contributed by atoms with van der Waals surface area (Å²) in [4.78, 5) is 4.47. The lowest BCUT2D eigenvalue weighted by atomic mass is 10.2. The van der Waals surface area contributed by atoms with Crippen molar-refractivity contribution in [1.29, 1.82) is 0 Å². The molecule has 1 fully saturated rings. The Kier molecular flexibility index (Phi) is 8.24. The van der Waals surface area contributed by atoms with E-state index >= 15 is 0 Å². The number of aryl methyl sites for hydroxylation is 1. The van der Waals surface area contributed by atoms with E-state index in [2.05, 4.69) is 15.1 Å². The van der Waals surface area contributed by atoms with Crippen LogP contribution in [0.1, 0.15) is 17.5 Å². The Hall–Kier alpha value is -1.73. The lowest BCUT2D eigenvalue weighted by molar-refractivity contribution is 0.0368. The van der Waals surface area contributed by atoms with Crippen LogP contribution in [0.5, 0.6) is 0 Å². The molecule has 1 aliphatic rings. The summed E-state index contributed by atoms with van der Waals surface area (Å²) in [6.45, 7) is 7.81. The molecule has 29 heavy (non-hydrogen) atoms. The van der Waals surface area contributed by atoms with E-state index in [1.807, 2.05) is 31.2 Å². The van der Waals surface area contributed by atoms with Gasteiger partial charge in [-0.15, -0.1) is 0 Å². The molecule has 0 amide bonds. The summed E-state index contributed by atoms with van der Waals surface area (Å²) in [6, 6.07) is 12.4. The lowest BCUT2D eigenvalue weighted by Crippen LogP contribution is -2.40. The average Bonchev–Trinajstić information content (AvgIpc) is 2.71. The molecule has 0 aromatic heterocycles. The smallest absolute Gasteiger partial charge is 0.173 e. The van der Waals surface area contributed by atoms with Crippen molar-refractivity contribution in [3.05, 3.63) is 64.4 Å². The van der Waals surface area contributed by atoms with E-state index in [0.717, 1.165) is 62.6 Å². The number of morpholine rings is 1. The zero-order chi connectivity index (χ0) is 20.6. The molecule has 7 heteroatoms. The topological polar surface area (TPSA) is 27.7 Å². The normalized spacial score (nSPS) is 14.6. The van der Waals surface area contributed by atoms with Crippen molar-refractivity contribution in [3.8, 4) is 0 Å². The largest absolute Gasteiger partial charge is 0.379 e. The summed E-state index contributed by atoms with van der Waals surface area (Å²) in [5, 5.41) is 4.48. The number of ether oxygens (including phenoxy) is 1. The van der Waals surface area contributed by atoms with Crippen LogP contribution in [0.4, 0.5) is 10.1 Å². The van der Waals surface area contributed by atoms with E-state index in [9.17, 15) is 4.39 Å². The molecular formula is C22H27ClFN3OS. The highest BCUT2D eigenvalue weighted by atomic mass is 35.5. The molecule has 1 heterocycles. The maximum atomic E-state index is 13.7. The molecule has 0 unspecified atom stereocenters. The second-order valence-corrected chi connectivity index (χ2v) is 8.07. The van der Waals surface area contributed by atoms with Crippen LogP contribution in [0, 0.1) is 12.7 Å². The second-order valence-electron chi connectivity index (χ2n) is 7.27. The van der Waals surface area contributed by atoms with Gasteiger partial charge in [-0.25, -0.2) is 4.39 Å². The average molecular weight is 436 g/mol. The van der Waals surface area contributed by atoms with Crippen LogP contribution in [-0.4, -0.2) is 54.3 Å². The van der Waals surface area contributed by atoms with Crippen LogP contribution in [0.2, 0.25) is 5.02 Å². The summed E-state index contributed by atoms with van der Waals surface area (Å²) in [7, 11) is 0. The van der Waals surface area contributed by atoms with E-state index in [1.54, 1.807) is 12.1 Å².